The van der Waals surface area contributed by atoms with E-state index in [9.17, 15) is 0 Å². The first kappa shape index (κ1) is 13.2. The van der Waals surface area contributed by atoms with Crippen LogP contribution in [0, 0.1) is 0 Å². The summed E-state index contributed by atoms with van der Waals surface area (Å²) >= 11 is 0. The molecule has 1 aliphatic carbocycles. The van der Waals surface area contributed by atoms with Crippen molar-refractivity contribution in [2.24, 2.45) is 5.73 Å². The lowest BCUT2D eigenvalue weighted by Crippen LogP contribution is -2.33. The van der Waals surface area contributed by atoms with Gasteiger partial charge < -0.3 is 15.8 Å². The third-order valence-electron chi connectivity index (χ3n) is 4.08. The summed E-state index contributed by atoms with van der Waals surface area (Å²) in [6, 6.07) is 8.95. The van der Waals surface area contributed by atoms with Gasteiger partial charge in [0.25, 0.3) is 0 Å². The molecule has 1 heterocycles. The van der Waals surface area contributed by atoms with Gasteiger partial charge in [-0.25, -0.2) is 4.98 Å². The molecule has 4 heteroatoms. The Bertz CT molecular complexity index is 591. The van der Waals surface area contributed by atoms with Crippen molar-refractivity contribution < 1.29 is 4.74 Å². The van der Waals surface area contributed by atoms with E-state index in [1.807, 2.05) is 24.4 Å². The van der Waals surface area contributed by atoms with Gasteiger partial charge in [-0.1, -0.05) is 0 Å². The molecule has 106 valence electrons. The Morgan fingerprint density at radius 3 is 2.75 bits per heavy atom. The van der Waals surface area contributed by atoms with E-state index < -0.39 is 0 Å². The Morgan fingerprint density at radius 2 is 2.00 bits per heavy atom. The fraction of sp³-hybridized carbons (Fsp3) is 0.438. The Kier molecular flexibility index (Phi) is 3.74. The van der Waals surface area contributed by atoms with E-state index in [0.717, 1.165) is 48.0 Å². The molecule has 0 amide bonds. The zero-order chi connectivity index (χ0) is 13.9. The second kappa shape index (κ2) is 5.67. The monoisotopic (exact) mass is 271 g/mol. The Labute approximate surface area is 119 Å². The highest BCUT2D eigenvalue weighted by Gasteiger charge is 2.19. The largest absolute Gasteiger partial charge is 0.497 e. The van der Waals surface area contributed by atoms with Crippen LogP contribution in [0.3, 0.4) is 0 Å². The number of ether oxygens (including phenoxy) is 1. The molecule has 0 aliphatic heterocycles. The number of nitrogens with one attached hydrogen (secondary N) is 1. The normalized spacial score (nSPS) is 22.7. The topological polar surface area (TPSA) is 60.2 Å². The van der Waals surface area contributed by atoms with Crippen LogP contribution in [-0.2, 0) is 0 Å². The van der Waals surface area contributed by atoms with Crippen molar-refractivity contribution in [3.63, 3.8) is 0 Å². The molecule has 2 aromatic rings. The molecule has 0 unspecified atom stereocenters. The van der Waals surface area contributed by atoms with Crippen molar-refractivity contribution in [2.75, 3.05) is 12.4 Å². The van der Waals surface area contributed by atoms with Crippen molar-refractivity contribution in [1.29, 1.82) is 0 Å². The molecule has 3 N–H and O–H groups in total. The lowest BCUT2D eigenvalue weighted by atomic mass is 9.92. The van der Waals surface area contributed by atoms with Crippen LogP contribution in [-0.4, -0.2) is 24.2 Å². The first-order valence-electron chi connectivity index (χ1n) is 7.21. The number of pyridine rings is 1. The average Bonchev–Trinajstić information content (AvgIpc) is 2.49. The maximum Gasteiger partial charge on any atom is 0.134 e. The zero-order valence-corrected chi connectivity index (χ0v) is 11.8. The molecule has 0 radical (unpaired) electrons. The van der Waals surface area contributed by atoms with E-state index in [4.69, 9.17) is 10.5 Å². The lowest BCUT2D eigenvalue weighted by Gasteiger charge is -2.27. The third-order valence-corrected chi connectivity index (χ3v) is 4.08. The summed E-state index contributed by atoms with van der Waals surface area (Å²) in [6.07, 6.45) is 6.27. The van der Waals surface area contributed by atoms with Gasteiger partial charge >= 0.3 is 0 Å². The zero-order valence-electron chi connectivity index (χ0n) is 11.8. The molecule has 20 heavy (non-hydrogen) atoms. The van der Waals surface area contributed by atoms with Crippen LogP contribution in [0.15, 0.2) is 30.5 Å². The summed E-state index contributed by atoms with van der Waals surface area (Å²) in [6.45, 7) is 0. The molecular weight excluding hydrogens is 250 g/mol. The minimum atomic E-state index is 0.373. The second-order valence-electron chi connectivity index (χ2n) is 5.50. The number of fused-ring (bicyclic) bond motifs is 1. The Balaban J connectivity index is 1.84. The van der Waals surface area contributed by atoms with E-state index in [1.54, 1.807) is 7.11 Å². The molecule has 0 saturated heterocycles. The molecule has 0 atom stereocenters. The van der Waals surface area contributed by atoms with Crippen molar-refractivity contribution in [1.82, 2.24) is 4.98 Å². The first-order chi connectivity index (χ1) is 9.76. The summed E-state index contributed by atoms with van der Waals surface area (Å²) in [5, 5.41) is 5.86. The average molecular weight is 271 g/mol. The highest BCUT2D eigenvalue weighted by Crippen LogP contribution is 2.27. The van der Waals surface area contributed by atoms with E-state index in [1.165, 1.54) is 0 Å². The minimum Gasteiger partial charge on any atom is -0.497 e. The predicted molar refractivity (Wildman–Crippen MR) is 82.1 cm³/mol. The predicted octanol–water partition coefficient (Wildman–Crippen LogP) is 2.93. The molecule has 1 aliphatic rings. The second-order valence-corrected chi connectivity index (χ2v) is 5.50. The van der Waals surface area contributed by atoms with Crippen molar-refractivity contribution >= 4 is 16.6 Å². The lowest BCUT2D eigenvalue weighted by molar-refractivity contribution is 0.410. The van der Waals surface area contributed by atoms with E-state index >= 15 is 0 Å². The summed E-state index contributed by atoms with van der Waals surface area (Å²) in [5.41, 5.74) is 5.96. The first-order valence-corrected chi connectivity index (χ1v) is 7.21. The van der Waals surface area contributed by atoms with E-state index in [2.05, 4.69) is 16.4 Å². The number of anilines is 1. The molecule has 3 rings (SSSR count). The molecule has 1 aromatic carbocycles. The fourth-order valence-corrected chi connectivity index (χ4v) is 2.85. The fourth-order valence-electron chi connectivity index (χ4n) is 2.85. The Morgan fingerprint density at radius 1 is 1.20 bits per heavy atom. The number of rotatable bonds is 3. The van der Waals surface area contributed by atoms with Crippen LogP contribution in [0.1, 0.15) is 25.7 Å². The number of methoxy groups -OCH3 is 1. The highest BCUT2D eigenvalue weighted by atomic mass is 16.5. The van der Waals surface area contributed by atoms with Crippen LogP contribution in [0.25, 0.3) is 10.8 Å². The highest BCUT2D eigenvalue weighted by molar-refractivity contribution is 5.92. The van der Waals surface area contributed by atoms with E-state index in [-0.39, 0.29) is 0 Å². The quantitative estimate of drug-likeness (QED) is 0.901. The van der Waals surface area contributed by atoms with Gasteiger partial charge in [0, 0.05) is 23.7 Å². The minimum absolute atomic E-state index is 0.373. The molecule has 0 bridgehead atoms. The molecule has 4 nitrogen and oxygen atoms in total. The van der Waals surface area contributed by atoms with Gasteiger partial charge in [0.05, 0.1) is 7.11 Å². The molecule has 1 saturated carbocycles. The van der Waals surface area contributed by atoms with Crippen LogP contribution in [0.5, 0.6) is 5.75 Å². The number of nitrogens with two attached hydrogens (primary N) is 1. The molecule has 1 fully saturated rings. The maximum absolute atomic E-state index is 5.96. The van der Waals surface area contributed by atoms with Crippen molar-refractivity contribution in [3.05, 3.63) is 30.5 Å². The summed E-state index contributed by atoms with van der Waals surface area (Å²) in [5.74, 6) is 1.84. The third kappa shape index (κ3) is 2.70. The van der Waals surface area contributed by atoms with Gasteiger partial charge in [-0.05, 0) is 55.3 Å². The smallest absolute Gasteiger partial charge is 0.134 e. The van der Waals surface area contributed by atoms with Gasteiger partial charge in [0.1, 0.15) is 11.6 Å². The number of benzene rings is 1. The van der Waals surface area contributed by atoms with Crippen LogP contribution >= 0.6 is 0 Å². The Hall–Kier alpha value is -1.81. The number of hydrogen-bond donors (Lipinski definition) is 2. The van der Waals surface area contributed by atoms with Crippen LogP contribution in [0.4, 0.5) is 5.82 Å². The van der Waals surface area contributed by atoms with Gasteiger partial charge in [-0.3, -0.25) is 0 Å². The number of aromatic nitrogens is 1. The SMILES string of the molecule is COc1ccc2c(NC3CCC(N)CC3)nccc2c1. The van der Waals surface area contributed by atoms with Crippen LogP contribution in [0.2, 0.25) is 0 Å². The van der Waals surface area contributed by atoms with Crippen LogP contribution < -0.4 is 15.8 Å². The van der Waals surface area contributed by atoms with Crippen molar-refractivity contribution in [2.45, 2.75) is 37.8 Å². The van der Waals surface area contributed by atoms with Crippen molar-refractivity contribution in [3.8, 4) is 5.75 Å². The van der Waals surface area contributed by atoms with Gasteiger partial charge in [-0.15, -0.1) is 0 Å². The number of nitrogens with zero attached hydrogens (tertiary/aromatic N) is 1. The molecular formula is C16H21N3O. The van der Waals surface area contributed by atoms with Gasteiger partial charge in [0.2, 0.25) is 0 Å². The summed E-state index contributed by atoms with van der Waals surface area (Å²) in [7, 11) is 1.69. The van der Waals surface area contributed by atoms with E-state index in [0.29, 0.717) is 12.1 Å². The van der Waals surface area contributed by atoms with Gasteiger partial charge in [-0.2, -0.15) is 0 Å². The summed E-state index contributed by atoms with van der Waals surface area (Å²) < 4.78 is 5.27. The maximum atomic E-state index is 5.96. The summed E-state index contributed by atoms with van der Waals surface area (Å²) in [4.78, 5) is 4.49. The van der Waals surface area contributed by atoms with Gasteiger partial charge in [0.15, 0.2) is 0 Å². The number of hydrogen-bond acceptors (Lipinski definition) is 4. The molecule has 1 aromatic heterocycles. The standard InChI is InChI=1S/C16H21N3O/c1-20-14-6-7-15-11(10-14)8-9-18-16(15)19-13-4-2-12(17)3-5-13/h6-10,12-13H,2-5,17H2,1H3,(H,18,19). The molecule has 0 spiro atoms.